The maximum atomic E-state index is 11.0. The van der Waals surface area contributed by atoms with Crippen LogP contribution in [0.3, 0.4) is 0 Å². The summed E-state index contributed by atoms with van der Waals surface area (Å²) >= 11 is 0. The fourth-order valence-corrected chi connectivity index (χ4v) is 1.08. The van der Waals surface area contributed by atoms with Crippen molar-refractivity contribution in [1.82, 2.24) is 4.90 Å². The van der Waals surface area contributed by atoms with Gasteiger partial charge >= 0.3 is 6.09 Å². The molecule has 0 aromatic carbocycles. The summed E-state index contributed by atoms with van der Waals surface area (Å²) in [7, 11) is 0. The molecule has 1 amide bonds. The third kappa shape index (κ3) is 3.28. The number of nitrogens with two attached hydrogens (primary N) is 1. The molecule has 5 heteroatoms. The molecule has 0 atom stereocenters. The van der Waals surface area contributed by atoms with Crippen LogP contribution in [0.1, 0.15) is 12.8 Å². The number of hydrogen-bond donors (Lipinski definition) is 1. The molecule has 1 heterocycles. The first-order valence-corrected chi connectivity index (χ1v) is 3.96. The first kappa shape index (κ1) is 11.5. The number of nitrogens with zero attached hydrogens (tertiary/aromatic N) is 1. The first-order valence-electron chi connectivity index (χ1n) is 3.96. The van der Waals surface area contributed by atoms with Crippen LogP contribution in [0.2, 0.25) is 0 Å². The highest BCUT2D eigenvalue weighted by molar-refractivity contribution is 5.85. The molecule has 0 radical (unpaired) electrons. The SMILES string of the molecule is Cl.NCCCN1CCCOC1=O. The Labute approximate surface area is 78.5 Å². The van der Waals surface area contributed by atoms with Crippen LogP contribution >= 0.6 is 12.4 Å². The molecular formula is C7H15ClN2O2. The van der Waals surface area contributed by atoms with Gasteiger partial charge in [-0.15, -0.1) is 12.4 Å². The average molecular weight is 195 g/mol. The zero-order valence-electron chi connectivity index (χ0n) is 6.99. The summed E-state index contributed by atoms with van der Waals surface area (Å²) in [5.74, 6) is 0. The first-order chi connectivity index (χ1) is 5.34. The molecule has 72 valence electrons. The van der Waals surface area contributed by atoms with Crippen LogP contribution in [0.5, 0.6) is 0 Å². The van der Waals surface area contributed by atoms with Gasteiger partial charge in [-0.1, -0.05) is 0 Å². The highest BCUT2D eigenvalue weighted by atomic mass is 35.5. The number of amides is 1. The molecule has 0 unspecified atom stereocenters. The van der Waals surface area contributed by atoms with E-state index in [4.69, 9.17) is 10.5 Å². The lowest BCUT2D eigenvalue weighted by Crippen LogP contribution is -2.38. The summed E-state index contributed by atoms with van der Waals surface area (Å²) in [5.41, 5.74) is 5.31. The molecule has 1 fully saturated rings. The molecule has 4 nitrogen and oxygen atoms in total. The Morgan fingerprint density at radius 3 is 2.92 bits per heavy atom. The van der Waals surface area contributed by atoms with Crippen molar-refractivity contribution in [1.29, 1.82) is 0 Å². The van der Waals surface area contributed by atoms with Crippen LogP contribution in [0.4, 0.5) is 4.79 Å². The average Bonchev–Trinajstić information content (AvgIpc) is 2.03. The molecule has 0 saturated carbocycles. The molecule has 0 aromatic rings. The molecule has 0 aromatic heterocycles. The molecule has 1 rings (SSSR count). The van der Waals surface area contributed by atoms with E-state index in [2.05, 4.69) is 0 Å². The van der Waals surface area contributed by atoms with E-state index in [1.54, 1.807) is 4.90 Å². The normalized spacial score (nSPS) is 16.8. The van der Waals surface area contributed by atoms with Crippen LogP contribution < -0.4 is 5.73 Å². The predicted octanol–water partition coefficient (Wildman–Crippen LogP) is 0.599. The zero-order chi connectivity index (χ0) is 8.10. The van der Waals surface area contributed by atoms with Crippen molar-refractivity contribution < 1.29 is 9.53 Å². The Morgan fingerprint density at radius 1 is 1.58 bits per heavy atom. The minimum Gasteiger partial charge on any atom is -0.449 e. The lowest BCUT2D eigenvalue weighted by Gasteiger charge is -2.25. The summed E-state index contributed by atoms with van der Waals surface area (Å²) in [5, 5.41) is 0. The van der Waals surface area contributed by atoms with E-state index in [1.807, 2.05) is 0 Å². The van der Waals surface area contributed by atoms with Gasteiger partial charge in [0.2, 0.25) is 0 Å². The molecule has 2 N–H and O–H groups in total. The van der Waals surface area contributed by atoms with Gasteiger partial charge in [-0.05, 0) is 19.4 Å². The van der Waals surface area contributed by atoms with Crippen LogP contribution in [0.15, 0.2) is 0 Å². The van der Waals surface area contributed by atoms with E-state index in [9.17, 15) is 4.79 Å². The summed E-state index contributed by atoms with van der Waals surface area (Å²) in [6, 6.07) is 0. The van der Waals surface area contributed by atoms with E-state index in [0.717, 1.165) is 25.9 Å². The van der Waals surface area contributed by atoms with Gasteiger partial charge in [-0.2, -0.15) is 0 Å². The van der Waals surface area contributed by atoms with Gasteiger partial charge in [-0.3, -0.25) is 0 Å². The van der Waals surface area contributed by atoms with Crippen LogP contribution in [-0.4, -0.2) is 37.2 Å². The largest absolute Gasteiger partial charge is 0.449 e. The quantitative estimate of drug-likeness (QED) is 0.716. The highest BCUT2D eigenvalue weighted by Crippen LogP contribution is 2.04. The minimum absolute atomic E-state index is 0. The smallest absolute Gasteiger partial charge is 0.409 e. The zero-order valence-corrected chi connectivity index (χ0v) is 7.81. The lowest BCUT2D eigenvalue weighted by atomic mass is 10.3. The number of cyclic esters (lactones) is 1. The lowest BCUT2D eigenvalue weighted by molar-refractivity contribution is 0.0728. The number of hydrogen-bond acceptors (Lipinski definition) is 3. The second-order valence-corrected chi connectivity index (χ2v) is 2.60. The van der Waals surface area contributed by atoms with Gasteiger partial charge in [0, 0.05) is 13.1 Å². The van der Waals surface area contributed by atoms with Gasteiger partial charge in [0.25, 0.3) is 0 Å². The summed E-state index contributed by atoms with van der Waals surface area (Å²) in [6.45, 7) is 2.75. The Kier molecular flexibility index (Phi) is 5.84. The van der Waals surface area contributed by atoms with Gasteiger partial charge in [0.15, 0.2) is 0 Å². The second kappa shape index (κ2) is 6.08. The molecule has 1 aliphatic rings. The van der Waals surface area contributed by atoms with Crippen LogP contribution in [0.25, 0.3) is 0 Å². The summed E-state index contributed by atoms with van der Waals surface area (Å²) in [6.07, 6.45) is 1.61. The van der Waals surface area contributed by atoms with Crippen molar-refractivity contribution in [3.8, 4) is 0 Å². The summed E-state index contributed by atoms with van der Waals surface area (Å²) in [4.78, 5) is 12.7. The van der Waals surface area contributed by atoms with Crippen LogP contribution in [-0.2, 0) is 4.74 Å². The Morgan fingerprint density at radius 2 is 2.33 bits per heavy atom. The molecule has 1 aliphatic heterocycles. The standard InChI is InChI=1S/C7H14N2O2.ClH/c8-3-1-4-9-5-2-6-11-7(9)10;/h1-6,8H2;1H. The third-order valence-electron chi connectivity index (χ3n) is 1.69. The monoisotopic (exact) mass is 194 g/mol. The Hall–Kier alpha value is -0.480. The van der Waals surface area contributed by atoms with E-state index >= 15 is 0 Å². The molecular weight excluding hydrogens is 180 g/mol. The minimum atomic E-state index is -0.190. The van der Waals surface area contributed by atoms with E-state index in [0.29, 0.717) is 13.2 Å². The molecule has 12 heavy (non-hydrogen) atoms. The van der Waals surface area contributed by atoms with Crippen molar-refractivity contribution >= 4 is 18.5 Å². The van der Waals surface area contributed by atoms with E-state index < -0.39 is 0 Å². The van der Waals surface area contributed by atoms with Gasteiger partial charge in [0.05, 0.1) is 6.61 Å². The predicted molar refractivity (Wildman–Crippen MR) is 48.5 cm³/mol. The molecule has 0 bridgehead atoms. The van der Waals surface area contributed by atoms with Crippen molar-refractivity contribution in [2.75, 3.05) is 26.2 Å². The molecule has 1 saturated heterocycles. The number of halogens is 1. The van der Waals surface area contributed by atoms with Crippen molar-refractivity contribution in [3.63, 3.8) is 0 Å². The van der Waals surface area contributed by atoms with Gasteiger partial charge in [-0.25, -0.2) is 4.79 Å². The van der Waals surface area contributed by atoms with Crippen molar-refractivity contribution in [2.24, 2.45) is 5.73 Å². The fraction of sp³-hybridized carbons (Fsp3) is 0.857. The maximum absolute atomic E-state index is 11.0. The maximum Gasteiger partial charge on any atom is 0.409 e. The van der Waals surface area contributed by atoms with Crippen molar-refractivity contribution in [3.05, 3.63) is 0 Å². The Balaban J connectivity index is 0.00000121. The fourth-order valence-electron chi connectivity index (χ4n) is 1.08. The van der Waals surface area contributed by atoms with Gasteiger partial charge in [0.1, 0.15) is 0 Å². The van der Waals surface area contributed by atoms with Crippen LogP contribution in [0, 0.1) is 0 Å². The van der Waals surface area contributed by atoms with E-state index in [1.165, 1.54) is 0 Å². The number of rotatable bonds is 3. The third-order valence-corrected chi connectivity index (χ3v) is 1.69. The van der Waals surface area contributed by atoms with E-state index in [-0.39, 0.29) is 18.5 Å². The Bertz CT molecular complexity index is 143. The highest BCUT2D eigenvalue weighted by Gasteiger charge is 2.17. The number of carbonyl (C=O) groups excluding carboxylic acids is 1. The molecule has 0 aliphatic carbocycles. The second-order valence-electron chi connectivity index (χ2n) is 2.60. The van der Waals surface area contributed by atoms with Crippen molar-refractivity contribution in [2.45, 2.75) is 12.8 Å². The molecule has 0 spiro atoms. The number of carbonyl (C=O) groups is 1. The number of ether oxygens (including phenoxy) is 1. The topological polar surface area (TPSA) is 55.6 Å². The summed E-state index contributed by atoms with van der Waals surface area (Å²) < 4.78 is 4.83. The van der Waals surface area contributed by atoms with Gasteiger partial charge < -0.3 is 15.4 Å².